The summed E-state index contributed by atoms with van der Waals surface area (Å²) in [6, 6.07) is 13.2. The Morgan fingerprint density at radius 3 is 2.39 bits per heavy atom. The summed E-state index contributed by atoms with van der Waals surface area (Å²) in [7, 11) is 1.87. The Morgan fingerprint density at radius 2 is 1.77 bits per heavy atom. The van der Waals surface area contributed by atoms with E-state index in [0.29, 0.717) is 5.82 Å². The summed E-state index contributed by atoms with van der Waals surface area (Å²) in [5.41, 5.74) is 4.41. The number of rotatable bonds is 6. The zero-order valence-corrected chi connectivity index (χ0v) is 17.8. The molecule has 31 heavy (non-hydrogen) atoms. The standard InChI is InChI=1S/C21H19N7O.C2H6/c1-28-19(8-10-26-28)18-6-5-17(13-24-18)23-14-21(29)27-20-7-4-16(12-25-20)15-3-2-9-22-11-15;1-2/h2-13,23H,14H2,1H3,(H,25,27,29);1-2H3. The van der Waals surface area contributed by atoms with Gasteiger partial charge in [-0.3, -0.25) is 19.4 Å². The van der Waals surface area contributed by atoms with Gasteiger partial charge in [-0.05, 0) is 36.4 Å². The molecule has 8 nitrogen and oxygen atoms in total. The molecule has 1 amide bonds. The van der Waals surface area contributed by atoms with Gasteiger partial charge in [-0.15, -0.1) is 0 Å². The molecule has 0 fully saturated rings. The monoisotopic (exact) mass is 415 g/mol. The van der Waals surface area contributed by atoms with Gasteiger partial charge in [-0.2, -0.15) is 5.10 Å². The van der Waals surface area contributed by atoms with Crippen molar-refractivity contribution in [3.8, 4) is 22.5 Å². The number of carbonyl (C=O) groups excluding carboxylic acids is 1. The average molecular weight is 416 g/mol. The molecule has 2 N–H and O–H groups in total. The van der Waals surface area contributed by atoms with Crippen LogP contribution in [0, 0.1) is 0 Å². The van der Waals surface area contributed by atoms with Gasteiger partial charge in [0.25, 0.3) is 0 Å². The first-order valence-electron chi connectivity index (χ1n) is 10.0. The highest BCUT2D eigenvalue weighted by atomic mass is 16.1. The molecule has 8 heteroatoms. The Bertz CT molecular complexity index is 1090. The summed E-state index contributed by atoms with van der Waals surface area (Å²) < 4.78 is 1.76. The maximum Gasteiger partial charge on any atom is 0.244 e. The van der Waals surface area contributed by atoms with Crippen molar-refractivity contribution in [2.24, 2.45) is 7.05 Å². The summed E-state index contributed by atoms with van der Waals surface area (Å²) >= 11 is 0. The Hall–Kier alpha value is -4.07. The van der Waals surface area contributed by atoms with Crippen molar-refractivity contribution in [1.29, 1.82) is 0 Å². The summed E-state index contributed by atoms with van der Waals surface area (Å²) in [6.07, 6.45) is 8.62. The molecule has 0 unspecified atom stereocenters. The minimum atomic E-state index is -0.192. The first-order chi connectivity index (χ1) is 15.2. The van der Waals surface area contributed by atoms with E-state index in [-0.39, 0.29) is 12.5 Å². The predicted octanol–water partition coefficient (Wildman–Crippen LogP) is 4.02. The van der Waals surface area contributed by atoms with E-state index in [4.69, 9.17) is 0 Å². The fraction of sp³-hybridized carbons (Fsp3) is 0.174. The molecule has 0 aromatic carbocycles. The minimum absolute atomic E-state index is 0.110. The number of nitrogens with zero attached hydrogens (tertiary/aromatic N) is 5. The van der Waals surface area contributed by atoms with Gasteiger partial charge in [0.2, 0.25) is 5.91 Å². The van der Waals surface area contributed by atoms with E-state index >= 15 is 0 Å². The fourth-order valence-electron chi connectivity index (χ4n) is 2.82. The molecule has 0 radical (unpaired) electrons. The van der Waals surface area contributed by atoms with Gasteiger partial charge in [0, 0.05) is 43.0 Å². The van der Waals surface area contributed by atoms with E-state index in [0.717, 1.165) is 28.2 Å². The van der Waals surface area contributed by atoms with Crippen molar-refractivity contribution in [2.75, 3.05) is 17.2 Å². The third kappa shape index (κ3) is 5.72. The van der Waals surface area contributed by atoms with Gasteiger partial charge in [-0.25, -0.2) is 4.98 Å². The van der Waals surface area contributed by atoms with Gasteiger partial charge in [0.05, 0.1) is 29.8 Å². The smallest absolute Gasteiger partial charge is 0.244 e. The number of aryl methyl sites for hydroxylation is 1. The second-order valence-corrected chi connectivity index (χ2v) is 6.35. The van der Waals surface area contributed by atoms with Crippen LogP contribution in [0.15, 0.2) is 73.4 Å². The van der Waals surface area contributed by atoms with Crippen LogP contribution in [0.4, 0.5) is 11.5 Å². The largest absolute Gasteiger partial charge is 0.375 e. The van der Waals surface area contributed by atoms with Crippen molar-refractivity contribution in [3.05, 3.63) is 73.4 Å². The second-order valence-electron chi connectivity index (χ2n) is 6.35. The lowest BCUT2D eigenvalue weighted by molar-refractivity contribution is -0.114. The van der Waals surface area contributed by atoms with Crippen LogP contribution in [0.3, 0.4) is 0 Å². The van der Waals surface area contributed by atoms with Crippen LogP contribution in [0.5, 0.6) is 0 Å². The number of anilines is 2. The molecule has 0 saturated heterocycles. The molecular weight excluding hydrogens is 390 g/mol. The van der Waals surface area contributed by atoms with Crippen molar-refractivity contribution in [2.45, 2.75) is 13.8 Å². The van der Waals surface area contributed by atoms with Crippen molar-refractivity contribution < 1.29 is 4.79 Å². The molecule has 0 aliphatic carbocycles. The Morgan fingerprint density at radius 1 is 0.935 bits per heavy atom. The number of amides is 1. The normalized spacial score (nSPS) is 10.0. The number of pyridine rings is 3. The molecule has 4 aromatic heterocycles. The van der Waals surface area contributed by atoms with E-state index < -0.39 is 0 Å². The maximum absolute atomic E-state index is 12.2. The molecule has 0 aliphatic heterocycles. The van der Waals surface area contributed by atoms with E-state index in [1.54, 1.807) is 41.7 Å². The van der Waals surface area contributed by atoms with Crippen LogP contribution < -0.4 is 10.6 Å². The molecule has 4 rings (SSSR count). The van der Waals surface area contributed by atoms with E-state index in [9.17, 15) is 4.79 Å². The number of nitrogens with one attached hydrogen (secondary N) is 2. The van der Waals surface area contributed by atoms with Crippen LogP contribution in [0.1, 0.15) is 13.8 Å². The summed E-state index contributed by atoms with van der Waals surface area (Å²) in [5.74, 6) is 0.302. The van der Waals surface area contributed by atoms with Gasteiger partial charge < -0.3 is 10.6 Å². The summed E-state index contributed by atoms with van der Waals surface area (Å²) in [4.78, 5) is 25.0. The van der Waals surface area contributed by atoms with Gasteiger partial charge in [-0.1, -0.05) is 19.9 Å². The second kappa shape index (κ2) is 10.6. The molecule has 0 spiro atoms. The lowest BCUT2D eigenvalue weighted by Gasteiger charge is -2.08. The average Bonchev–Trinajstić information content (AvgIpc) is 3.26. The highest BCUT2D eigenvalue weighted by molar-refractivity contribution is 5.93. The molecule has 4 heterocycles. The molecule has 158 valence electrons. The summed E-state index contributed by atoms with van der Waals surface area (Å²) in [6.45, 7) is 4.11. The number of aromatic nitrogens is 5. The molecule has 0 bridgehead atoms. The minimum Gasteiger partial charge on any atom is -0.375 e. The molecule has 0 aliphatic rings. The van der Waals surface area contributed by atoms with E-state index in [1.165, 1.54) is 0 Å². The first-order valence-corrected chi connectivity index (χ1v) is 10.0. The number of carbonyl (C=O) groups is 1. The van der Waals surface area contributed by atoms with Crippen molar-refractivity contribution in [1.82, 2.24) is 24.7 Å². The fourth-order valence-corrected chi connectivity index (χ4v) is 2.82. The van der Waals surface area contributed by atoms with Crippen LogP contribution in [-0.4, -0.2) is 37.2 Å². The highest BCUT2D eigenvalue weighted by Crippen LogP contribution is 2.19. The molecule has 0 saturated carbocycles. The molecule has 4 aromatic rings. The van der Waals surface area contributed by atoms with E-state index in [1.807, 2.05) is 57.3 Å². The zero-order valence-electron chi connectivity index (χ0n) is 17.8. The predicted molar refractivity (Wildman–Crippen MR) is 122 cm³/mol. The van der Waals surface area contributed by atoms with E-state index in [2.05, 4.69) is 30.7 Å². The molecular formula is C23H25N7O. The summed E-state index contributed by atoms with van der Waals surface area (Å²) in [5, 5.41) is 9.96. The Balaban J connectivity index is 0.00000132. The maximum atomic E-state index is 12.2. The van der Waals surface area contributed by atoms with Crippen molar-refractivity contribution in [3.63, 3.8) is 0 Å². The van der Waals surface area contributed by atoms with Crippen LogP contribution >= 0.6 is 0 Å². The SMILES string of the molecule is CC.Cn1nccc1-c1ccc(NCC(=O)Nc2ccc(-c3cccnc3)cn2)cn1. The van der Waals surface area contributed by atoms with Crippen LogP contribution in [0.25, 0.3) is 22.5 Å². The third-order valence-electron chi connectivity index (χ3n) is 4.33. The number of hydrogen-bond acceptors (Lipinski definition) is 6. The van der Waals surface area contributed by atoms with Crippen molar-refractivity contribution >= 4 is 17.4 Å². The highest BCUT2D eigenvalue weighted by Gasteiger charge is 2.06. The third-order valence-corrected chi connectivity index (χ3v) is 4.33. The lowest BCUT2D eigenvalue weighted by atomic mass is 10.1. The van der Waals surface area contributed by atoms with Crippen LogP contribution in [0.2, 0.25) is 0 Å². The van der Waals surface area contributed by atoms with Crippen LogP contribution in [-0.2, 0) is 11.8 Å². The first kappa shape index (κ1) is 21.6. The number of hydrogen-bond donors (Lipinski definition) is 2. The topological polar surface area (TPSA) is 97.6 Å². The van der Waals surface area contributed by atoms with Gasteiger partial charge in [0.15, 0.2) is 0 Å². The Kier molecular flexibility index (Phi) is 7.42. The van der Waals surface area contributed by atoms with Gasteiger partial charge in [0.1, 0.15) is 5.82 Å². The lowest BCUT2D eigenvalue weighted by Crippen LogP contribution is -2.22. The quantitative estimate of drug-likeness (QED) is 0.494. The zero-order chi connectivity index (χ0) is 22.1. The molecule has 0 atom stereocenters. The Labute approximate surface area is 181 Å². The van der Waals surface area contributed by atoms with Gasteiger partial charge >= 0.3 is 0 Å².